The first kappa shape index (κ1) is 16.5. The minimum Gasteiger partial charge on any atom is -0.211 e. The largest absolute Gasteiger partial charge is 0.240 e. The fourth-order valence-corrected chi connectivity index (χ4v) is 4.60. The molecule has 0 spiro atoms. The second-order valence-electron chi connectivity index (χ2n) is 5.91. The molecule has 1 aliphatic carbocycles. The van der Waals surface area contributed by atoms with E-state index in [1.54, 1.807) is 12.1 Å². The van der Waals surface area contributed by atoms with Crippen LogP contribution in [0.15, 0.2) is 47.4 Å². The normalized spacial score (nSPS) is 20.4. The number of rotatable bonds is 5. The number of fused-ring (bicyclic) bond motifs is 1. The third-order valence-electron chi connectivity index (χ3n) is 4.54. The van der Waals surface area contributed by atoms with Crippen LogP contribution in [0, 0.1) is 12.0 Å². The lowest BCUT2D eigenvalue weighted by atomic mass is 9.90. The molecule has 3 nitrogen and oxygen atoms in total. The maximum absolute atomic E-state index is 12.4. The van der Waals surface area contributed by atoms with Gasteiger partial charge in [-0.05, 0) is 66.1 Å². The average Bonchev–Trinajstić information content (AvgIpc) is 2.91. The molecule has 0 amide bonds. The minimum absolute atomic E-state index is 0.249. The Labute approximate surface area is 142 Å². The van der Waals surface area contributed by atoms with Gasteiger partial charge in [-0.3, -0.25) is 0 Å². The van der Waals surface area contributed by atoms with E-state index < -0.39 is 10.0 Å². The lowest BCUT2D eigenvalue weighted by Gasteiger charge is -2.19. The lowest BCUT2D eigenvalue weighted by molar-refractivity contribution is 0.439. The van der Waals surface area contributed by atoms with Gasteiger partial charge < -0.3 is 0 Å². The second kappa shape index (κ2) is 6.63. The van der Waals surface area contributed by atoms with Gasteiger partial charge >= 0.3 is 0 Å². The molecule has 1 aliphatic rings. The molecule has 1 N–H and O–H groups in total. The summed E-state index contributed by atoms with van der Waals surface area (Å²) in [6.45, 7) is 2.59. The van der Waals surface area contributed by atoms with Crippen molar-refractivity contribution < 1.29 is 8.42 Å². The zero-order chi connectivity index (χ0) is 16.4. The van der Waals surface area contributed by atoms with Crippen LogP contribution in [0.4, 0.5) is 0 Å². The molecular formula is C18H19ClNO2S. The van der Waals surface area contributed by atoms with Gasteiger partial charge in [0.25, 0.3) is 0 Å². The van der Waals surface area contributed by atoms with Crippen molar-refractivity contribution in [2.24, 2.45) is 5.92 Å². The van der Waals surface area contributed by atoms with Gasteiger partial charge in [0.05, 0.1) is 4.90 Å². The monoisotopic (exact) mass is 348 g/mol. The Morgan fingerprint density at radius 1 is 1.26 bits per heavy atom. The molecule has 2 unspecified atom stereocenters. The van der Waals surface area contributed by atoms with Crippen LogP contribution < -0.4 is 4.72 Å². The Morgan fingerprint density at radius 3 is 2.70 bits per heavy atom. The molecule has 0 heterocycles. The van der Waals surface area contributed by atoms with Crippen molar-refractivity contribution in [3.63, 3.8) is 0 Å². The highest BCUT2D eigenvalue weighted by atomic mass is 35.5. The molecule has 0 aliphatic heterocycles. The summed E-state index contributed by atoms with van der Waals surface area (Å²) in [6.07, 6.45) is 1.90. The highest BCUT2D eigenvalue weighted by molar-refractivity contribution is 7.89. The molecule has 23 heavy (non-hydrogen) atoms. The lowest BCUT2D eigenvalue weighted by Crippen LogP contribution is -2.31. The summed E-state index contributed by atoms with van der Waals surface area (Å²) in [5, 5.41) is 0.525. The topological polar surface area (TPSA) is 46.2 Å². The third kappa shape index (κ3) is 3.44. The van der Waals surface area contributed by atoms with Crippen LogP contribution >= 0.6 is 11.6 Å². The molecule has 3 rings (SSSR count). The van der Waals surface area contributed by atoms with Crippen molar-refractivity contribution in [2.45, 2.75) is 30.6 Å². The smallest absolute Gasteiger partial charge is 0.211 e. The van der Waals surface area contributed by atoms with E-state index in [1.165, 1.54) is 23.3 Å². The van der Waals surface area contributed by atoms with Gasteiger partial charge in [0.15, 0.2) is 0 Å². The Kier molecular flexibility index (Phi) is 4.76. The van der Waals surface area contributed by atoms with Crippen LogP contribution in [0.3, 0.4) is 0 Å². The summed E-state index contributed by atoms with van der Waals surface area (Å²) in [5.74, 6) is 0.681. The fourth-order valence-electron chi connectivity index (χ4n) is 3.38. The number of halogens is 1. The molecule has 0 bridgehead atoms. The molecule has 0 saturated heterocycles. The molecule has 0 aromatic heterocycles. The standard InChI is InChI=1S/C18H19ClNO2S/c1-2-17-14(11-13-5-3-4-6-18(13)17)12-20-23(21,22)16-9-7-15(19)8-10-16/h4-10,14,17,20H,2,11-12H2,1H3. The number of sulfonamides is 1. The summed E-state index contributed by atoms with van der Waals surface area (Å²) >= 11 is 5.81. The predicted octanol–water partition coefficient (Wildman–Crippen LogP) is 3.78. The summed E-state index contributed by atoms with van der Waals surface area (Å²) in [5.41, 5.74) is 2.62. The molecule has 0 saturated carbocycles. The number of benzene rings is 2. The predicted molar refractivity (Wildman–Crippen MR) is 92.1 cm³/mol. The zero-order valence-corrected chi connectivity index (χ0v) is 14.5. The molecule has 1 radical (unpaired) electrons. The summed E-state index contributed by atoms with van der Waals surface area (Å²) in [6, 6.07) is 15.4. The van der Waals surface area contributed by atoms with E-state index >= 15 is 0 Å². The number of hydrogen-bond donors (Lipinski definition) is 1. The van der Waals surface area contributed by atoms with Crippen molar-refractivity contribution in [1.82, 2.24) is 4.72 Å². The van der Waals surface area contributed by atoms with Gasteiger partial charge in [-0.15, -0.1) is 0 Å². The summed E-state index contributed by atoms with van der Waals surface area (Å²) in [4.78, 5) is 0.249. The van der Waals surface area contributed by atoms with Gasteiger partial charge in [0, 0.05) is 11.6 Å². The van der Waals surface area contributed by atoms with Crippen LogP contribution in [-0.4, -0.2) is 15.0 Å². The van der Waals surface area contributed by atoms with Gasteiger partial charge in [-0.2, -0.15) is 0 Å². The maximum Gasteiger partial charge on any atom is 0.240 e. The first-order chi connectivity index (χ1) is 11.0. The Morgan fingerprint density at radius 2 is 2.00 bits per heavy atom. The van der Waals surface area contributed by atoms with Crippen LogP contribution in [0.25, 0.3) is 0 Å². The quantitative estimate of drug-likeness (QED) is 0.893. The van der Waals surface area contributed by atoms with E-state index in [-0.39, 0.29) is 10.8 Å². The molecule has 2 atom stereocenters. The summed E-state index contributed by atoms with van der Waals surface area (Å²) in [7, 11) is -3.50. The van der Waals surface area contributed by atoms with Crippen LogP contribution in [0.2, 0.25) is 5.02 Å². The van der Waals surface area contributed by atoms with Crippen molar-refractivity contribution in [1.29, 1.82) is 0 Å². The number of nitrogens with one attached hydrogen (secondary N) is 1. The number of hydrogen-bond acceptors (Lipinski definition) is 2. The Bertz CT molecular complexity index is 787. The maximum atomic E-state index is 12.4. The van der Waals surface area contributed by atoms with E-state index in [0.717, 1.165) is 12.8 Å². The van der Waals surface area contributed by atoms with Crippen molar-refractivity contribution >= 4 is 21.6 Å². The fraction of sp³-hybridized carbons (Fsp3) is 0.333. The first-order valence-corrected chi connectivity index (χ1v) is 9.61. The Balaban J connectivity index is 1.72. The average molecular weight is 349 g/mol. The van der Waals surface area contributed by atoms with E-state index in [9.17, 15) is 8.42 Å². The van der Waals surface area contributed by atoms with Crippen molar-refractivity contribution in [3.8, 4) is 0 Å². The van der Waals surface area contributed by atoms with E-state index in [4.69, 9.17) is 11.6 Å². The molecule has 2 aromatic rings. The molecule has 121 valence electrons. The van der Waals surface area contributed by atoms with E-state index in [1.807, 2.05) is 12.1 Å². The van der Waals surface area contributed by atoms with Crippen LogP contribution in [-0.2, 0) is 16.4 Å². The first-order valence-electron chi connectivity index (χ1n) is 7.75. The van der Waals surface area contributed by atoms with Crippen LogP contribution in [0.5, 0.6) is 0 Å². The molecule has 0 fully saturated rings. The van der Waals surface area contributed by atoms with E-state index in [2.05, 4.69) is 23.8 Å². The molecular weight excluding hydrogens is 330 g/mol. The van der Waals surface area contributed by atoms with E-state index in [0.29, 0.717) is 17.5 Å². The summed E-state index contributed by atoms with van der Waals surface area (Å²) < 4.78 is 27.6. The SMILES string of the molecule is CCC1c2cc[c]cc2CC1CNS(=O)(=O)c1ccc(Cl)cc1. The Hall–Kier alpha value is -1.36. The second-order valence-corrected chi connectivity index (χ2v) is 8.11. The van der Waals surface area contributed by atoms with Gasteiger partial charge in [-0.1, -0.05) is 36.7 Å². The highest BCUT2D eigenvalue weighted by Crippen LogP contribution is 2.39. The van der Waals surface area contributed by atoms with Crippen LogP contribution in [0.1, 0.15) is 30.4 Å². The molecule has 5 heteroatoms. The van der Waals surface area contributed by atoms with Gasteiger partial charge in [-0.25, -0.2) is 13.1 Å². The third-order valence-corrected chi connectivity index (χ3v) is 6.23. The van der Waals surface area contributed by atoms with Crippen molar-refractivity contribution in [3.05, 3.63) is 64.7 Å². The van der Waals surface area contributed by atoms with Gasteiger partial charge in [0.2, 0.25) is 10.0 Å². The molecule has 2 aromatic carbocycles. The minimum atomic E-state index is -3.50. The van der Waals surface area contributed by atoms with Crippen molar-refractivity contribution in [2.75, 3.05) is 6.54 Å². The highest BCUT2D eigenvalue weighted by Gasteiger charge is 2.31. The van der Waals surface area contributed by atoms with Gasteiger partial charge in [0.1, 0.15) is 0 Å². The zero-order valence-electron chi connectivity index (χ0n) is 12.9.